The maximum atomic E-state index is 13.8. The molecule has 0 aliphatic carbocycles. The van der Waals surface area contributed by atoms with Crippen molar-refractivity contribution in [1.82, 2.24) is 43.6 Å². The average Bonchev–Trinajstić information content (AvgIpc) is 4.01. The number of benzene rings is 2. The molecule has 2 aliphatic rings. The number of nitrogens with two attached hydrogens (primary N) is 2. The molecule has 19 nitrogen and oxygen atoms in total. The molecule has 8 rings (SSSR count). The van der Waals surface area contributed by atoms with Crippen molar-refractivity contribution in [3.05, 3.63) is 94.4 Å². The predicted molar refractivity (Wildman–Crippen MR) is 217 cm³/mol. The Kier molecular flexibility index (Phi) is 9.86. The van der Waals surface area contributed by atoms with Gasteiger partial charge >= 0.3 is 0 Å². The van der Waals surface area contributed by atoms with Gasteiger partial charge < -0.3 is 35.0 Å². The van der Waals surface area contributed by atoms with Crippen LogP contribution in [-0.2, 0) is 26.2 Å². The number of rotatable bonds is 8. The Morgan fingerprint density at radius 3 is 1.73 bits per heavy atom. The number of primary amides is 2. The molecule has 6 aromatic rings. The molecule has 1 saturated heterocycles. The van der Waals surface area contributed by atoms with Gasteiger partial charge in [0, 0.05) is 50.8 Å². The van der Waals surface area contributed by atoms with E-state index in [0.717, 1.165) is 5.70 Å². The van der Waals surface area contributed by atoms with Crippen LogP contribution in [-0.4, -0.2) is 86.9 Å². The van der Waals surface area contributed by atoms with Gasteiger partial charge in [0.25, 0.3) is 11.8 Å². The van der Waals surface area contributed by atoms with Crippen LogP contribution in [0.1, 0.15) is 73.3 Å². The lowest BCUT2D eigenvalue weighted by molar-refractivity contribution is 0.0991. The Morgan fingerprint density at radius 2 is 1.24 bits per heavy atom. The van der Waals surface area contributed by atoms with Crippen LogP contribution < -0.4 is 31.6 Å². The van der Waals surface area contributed by atoms with E-state index in [1.165, 1.54) is 0 Å². The van der Waals surface area contributed by atoms with Crippen molar-refractivity contribution in [3.8, 4) is 11.5 Å². The van der Waals surface area contributed by atoms with Crippen LogP contribution in [0.4, 0.5) is 11.9 Å². The molecule has 0 unspecified atom stereocenters. The van der Waals surface area contributed by atoms with Gasteiger partial charge in [-0.15, -0.1) is 0 Å². The van der Waals surface area contributed by atoms with E-state index in [9.17, 15) is 19.2 Å². The summed E-state index contributed by atoms with van der Waals surface area (Å²) in [6.07, 6.45) is 5.30. The van der Waals surface area contributed by atoms with Crippen molar-refractivity contribution in [2.75, 3.05) is 24.2 Å². The van der Waals surface area contributed by atoms with Gasteiger partial charge in [-0.1, -0.05) is 12.2 Å². The van der Waals surface area contributed by atoms with E-state index in [4.69, 9.17) is 30.9 Å². The highest BCUT2D eigenvalue weighted by molar-refractivity contribution is 6.05. The average molecular weight is 802 g/mol. The molecule has 1 atom stereocenters. The van der Waals surface area contributed by atoms with Crippen LogP contribution in [0.15, 0.2) is 60.5 Å². The summed E-state index contributed by atoms with van der Waals surface area (Å²) in [4.78, 5) is 64.2. The van der Waals surface area contributed by atoms with Gasteiger partial charge in [0.1, 0.15) is 40.5 Å². The Bertz CT molecular complexity index is 2770. The number of aromatic nitrogens is 8. The first kappa shape index (κ1) is 38.4. The molecule has 2 bridgehead atoms. The molecular formula is C40H43N13O6. The highest BCUT2D eigenvalue weighted by Gasteiger charge is 2.30. The summed E-state index contributed by atoms with van der Waals surface area (Å²) in [5, 5.41) is 14.7. The second kappa shape index (κ2) is 15.1. The number of ether oxygens (including phenoxy) is 2. The van der Waals surface area contributed by atoms with Crippen LogP contribution in [0.25, 0.3) is 22.1 Å². The molecule has 0 saturated carbocycles. The number of anilines is 2. The molecular weight excluding hydrogens is 759 g/mol. The topological polar surface area (TPSA) is 237 Å². The van der Waals surface area contributed by atoms with E-state index in [0.29, 0.717) is 76.6 Å². The number of amides is 4. The number of carbonyl (C=O) groups is 4. The van der Waals surface area contributed by atoms with E-state index < -0.39 is 29.7 Å². The van der Waals surface area contributed by atoms with Gasteiger partial charge in [-0.25, -0.2) is 9.97 Å². The van der Waals surface area contributed by atoms with Gasteiger partial charge in [-0.2, -0.15) is 10.2 Å². The third-order valence-corrected chi connectivity index (χ3v) is 10.3. The number of allylic oxidation sites excluding steroid dienone is 2. The molecule has 19 heteroatoms. The lowest BCUT2D eigenvalue weighted by Gasteiger charge is -2.17. The minimum absolute atomic E-state index is 0.164. The summed E-state index contributed by atoms with van der Waals surface area (Å²) >= 11 is 0. The van der Waals surface area contributed by atoms with Gasteiger partial charge in [0.2, 0.25) is 23.7 Å². The number of nitrogens with one attached hydrogen (secondary N) is 2. The monoisotopic (exact) mass is 801 g/mol. The SMILES string of the molecule is CCn1nc(C)cc1C(=O)Nc1nc2cc(C(N)=O)cc3c2n1C/C=C/Cn1c(NC(=O)c2cc(C)nn2CC)nc2cc(C(N)=O)cc(c21)O[C@@H]1C/C(=C\O3)N(C)C1. The maximum absolute atomic E-state index is 13.8. The summed E-state index contributed by atoms with van der Waals surface area (Å²) in [6.45, 7) is 9.16. The summed E-state index contributed by atoms with van der Waals surface area (Å²) in [6, 6.07) is 9.64. The minimum atomic E-state index is -0.682. The number of nitrogens with zero attached hydrogens (tertiary/aromatic N) is 9. The van der Waals surface area contributed by atoms with Crippen LogP contribution >= 0.6 is 0 Å². The summed E-state index contributed by atoms with van der Waals surface area (Å²) < 4.78 is 19.8. The van der Waals surface area contributed by atoms with E-state index in [-0.39, 0.29) is 41.9 Å². The smallest absolute Gasteiger partial charge is 0.276 e. The second-order valence-electron chi connectivity index (χ2n) is 14.4. The number of fused-ring (bicyclic) bond motifs is 2. The first-order valence-electron chi connectivity index (χ1n) is 19.1. The van der Waals surface area contributed by atoms with Crippen molar-refractivity contribution >= 4 is 57.6 Å². The van der Waals surface area contributed by atoms with Crippen LogP contribution in [0.3, 0.4) is 0 Å². The van der Waals surface area contributed by atoms with Gasteiger partial charge in [-0.05, 0) is 64.1 Å². The fourth-order valence-electron chi connectivity index (χ4n) is 7.50. The van der Waals surface area contributed by atoms with Gasteiger partial charge in [-0.3, -0.25) is 39.2 Å². The highest BCUT2D eigenvalue weighted by atomic mass is 16.5. The van der Waals surface area contributed by atoms with E-state index in [1.807, 2.05) is 51.8 Å². The van der Waals surface area contributed by atoms with E-state index in [2.05, 4.69) is 20.8 Å². The first-order chi connectivity index (χ1) is 28.3. The lowest BCUT2D eigenvalue weighted by atomic mass is 10.1. The molecule has 0 spiro atoms. The summed E-state index contributed by atoms with van der Waals surface area (Å²) in [7, 11) is 1.89. The molecule has 2 aromatic carbocycles. The normalized spacial score (nSPS) is 16.7. The van der Waals surface area contributed by atoms with Gasteiger partial charge in [0.15, 0.2) is 5.75 Å². The van der Waals surface area contributed by atoms with Crippen molar-refractivity contribution in [2.24, 2.45) is 11.5 Å². The van der Waals surface area contributed by atoms with Crippen molar-refractivity contribution in [1.29, 1.82) is 0 Å². The molecule has 304 valence electrons. The number of likely N-dealkylation sites (N-methyl/N-ethyl adjacent to an activating group) is 1. The Balaban J connectivity index is 1.27. The zero-order chi connectivity index (χ0) is 41.7. The van der Waals surface area contributed by atoms with Crippen LogP contribution in [0.5, 0.6) is 11.5 Å². The number of aryl methyl sites for hydroxylation is 4. The largest absolute Gasteiger partial charge is 0.486 e. The molecule has 4 aromatic heterocycles. The van der Waals surface area contributed by atoms with Crippen molar-refractivity contribution in [2.45, 2.75) is 66.4 Å². The van der Waals surface area contributed by atoms with Crippen LogP contribution in [0.2, 0.25) is 0 Å². The number of imidazole rings is 2. The highest BCUT2D eigenvalue weighted by Crippen LogP contribution is 2.36. The molecule has 6 heterocycles. The Hall–Kier alpha value is -7.44. The number of likely N-dealkylation sites (tertiary alicyclic amines) is 1. The minimum Gasteiger partial charge on any atom is -0.486 e. The van der Waals surface area contributed by atoms with E-state index >= 15 is 0 Å². The predicted octanol–water partition coefficient (Wildman–Crippen LogP) is 3.71. The number of hydrogen-bond acceptors (Lipinski definition) is 11. The second-order valence-corrected chi connectivity index (χ2v) is 14.4. The lowest BCUT2D eigenvalue weighted by Crippen LogP contribution is -2.22. The number of hydrogen-bond donors (Lipinski definition) is 4. The fourth-order valence-corrected chi connectivity index (χ4v) is 7.50. The molecule has 6 N–H and O–H groups in total. The van der Waals surface area contributed by atoms with E-state index in [1.54, 1.807) is 61.2 Å². The van der Waals surface area contributed by atoms with Crippen LogP contribution in [0, 0.1) is 13.8 Å². The Morgan fingerprint density at radius 1 is 0.746 bits per heavy atom. The molecule has 0 radical (unpaired) electrons. The quantitative estimate of drug-likeness (QED) is 0.162. The third kappa shape index (κ3) is 7.21. The maximum Gasteiger partial charge on any atom is 0.276 e. The molecule has 2 aliphatic heterocycles. The third-order valence-electron chi connectivity index (χ3n) is 10.3. The summed E-state index contributed by atoms with van der Waals surface area (Å²) in [5.41, 5.74) is 16.5. The fraction of sp³-hybridized carbons (Fsp3) is 0.300. The first-order valence-corrected chi connectivity index (χ1v) is 19.1. The van der Waals surface area contributed by atoms with Crippen molar-refractivity contribution < 1.29 is 28.7 Å². The molecule has 4 amide bonds. The zero-order valence-electron chi connectivity index (χ0n) is 33.1. The summed E-state index contributed by atoms with van der Waals surface area (Å²) in [5.74, 6) is -1.19. The standard InChI is InChI=1S/C40H43N13O6/c1-6-52-29(12-21(3)47-52)37(56)45-39-43-27-14-23(35(41)54)16-31-33(27)50(39)10-8-9-11-51-34-28(44-40(51)46-38(57)30-13-22(4)48-53(30)7-2)15-24(36(42)55)17-32(34)59-26-18-25(20-58-31)49(5)19-26/h8-9,12-17,20,26H,6-7,10-11,18-19H2,1-5H3,(H2,41,54)(H2,42,55)(H,43,45,56)(H,44,46,57)/b9-8+,25-20+/t26-/m1/s1. The van der Waals surface area contributed by atoms with Crippen molar-refractivity contribution in [3.63, 3.8) is 0 Å². The zero-order valence-corrected chi connectivity index (χ0v) is 33.1. The van der Waals surface area contributed by atoms with Gasteiger partial charge in [0.05, 0.1) is 34.7 Å². The number of carbonyl (C=O) groups excluding carboxylic acids is 4. The Labute approximate surface area is 337 Å². The molecule has 1 fully saturated rings. The molecule has 59 heavy (non-hydrogen) atoms.